The van der Waals surface area contributed by atoms with Gasteiger partial charge in [0.15, 0.2) is 0 Å². The molecule has 43 heavy (non-hydrogen) atoms. The van der Waals surface area contributed by atoms with E-state index in [-0.39, 0.29) is 21.1 Å². The first-order chi connectivity index (χ1) is 20.0. The number of hydrogen-bond acceptors (Lipinski definition) is 8. The van der Waals surface area contributed by atoms with Crippen molar-refractivity contribution < 1.29 is 40.6 Å². The molecule has 0 heterocycles. The first-order valence-corrected chi connectivity index (χ1v) is 23.7. The fraction of sp³-hybridized carbons (Fsp3) is 0.625. The largest absolute Gasteiger partial charge is 4.00 e. The van der Waals surface area contributed by atoms with Crippen molar-refractivity contribution in [1.82, 2.24) is 0 Å². The molecule has 2 aromatic rings. The normalized spacial score (nSPS) is 11.5. The van der Waals surface area contributed by atoms with Crippen molar-refractivity contribution in [3.63, 3.8) is 0 Å². The van der Waals surface area contributed by atoms with Crippen molar-refractivity contribution >= 4 is 57.8 Å². The van der Waals surface area contributed by atoms with Crippen molar-refractivity contribution in [3.8, 4) is 0 Å². The summed E-state index contributed by atoms with van der Waals surface area (Å²) in [6, 6.07) is 12.0. The molecule has 0 N–H and O–H groups in total. The van der Waals surface area contributed by atoms with Gasteiger partial charge in [0.25, 0.3) is 0 Å². The van der Waals surface area contributed by atoms with E-state index in [9.17, 15) is 19.6 Å². The van der Waals surface area contributed by atoms with Crippen molar-refractivity contribution in [2.24, 2.45) is 0 Å². The van der Waals surface area contributed by atoms with Gasteiger partial charge in [-0.3, -0.25) is 0 Å². The maximum absolute atomic E-state index is 11.5. The van der Waals surface area contributed by atoms with E-state index >= 15 is 0 Å². The molecule has 0 fully saturated rings. The second-order valence-electron chi connectivity index (χ2n) is 10.7. The predicted octanol–water partition coefficient (Wildman–Crippen LogP) is 8.38. The molecule has 0 aliphatic carbocycles. The number of unbranched alkanes of at least 4 members (excludes halogenated alkanes) is 8. The van der Waals surface area contributed by atoms with Gasteiger partial charge >= 0.3 is 21.1 Å². The van der Waals surface area contributed by atoms with Gasteiger partial charge in [0.1, 0.15) is 0 Å². The number of rotatable bonds is 20. The Morgan fingerprint density at radius 3 is 1.09 bits per heavy atom. The van der Waals surface area contributed by atoms with Crippen LogP contribution in [0.25, 0.3) is 0 Å². The minimum Gasteiger partial charge on any atom is -0.824 e. The van der Waals surface area contributed by atoms with Gasteiger partial charge in [0, 0.05) is 9.79 Å². The number of hydrogen-bond donors (Lipinski definition) is 0. The van der Waals surface area contributed by atoms with Crippen LogP contribution in [0.15, 0.2) is 46.2 Å². The number of aryl methyl sites for hydroxylation is 2. The van der Waals surface area contributed by atoms with Crippen LogP contribution in [-0.2, 0) is 70.4 Å². The molecule has 0 saturated carbocycles. The predicted molar refractivity (Wildman–Crippen MR) is 186 cm³/mol. The smallest absolute Gasteiger partial charge is 0.824 e. The van der Waals surface area contributed by atoms with Gasteiger partial charge in [-0.2, -0.15) is 11.4 Å². The second kappa shape index (κ2) is 25.0. The summed E-state index contributed by atoms with van der Waals surface area (Å²) >= 11 is 10.9. The van der Waals surface area contributed by atoms with Gasteiger partial charge in [-0.05, 0) is 85.8 Å². The maximum Gasteiger partial charge on any atom is 4.00 e. The fourth-order valence-electron chi connectivity index (χ4n) is 4.90. The van der Waals surface area contributed by atoms with Crippen LogP contribution in [0.2, 0.25) is 0 Å². The Morgan fingerprint density at radius 1 is 0.512 bits per heavy atom. The molecule has 0 aliphatic heterocycles. The molecule has 2 rings (SSSR count). The summed E-state index contributed by atoms with van der Waals surface area (Å²) in [7, 11) is 0. The Hall–Kier alpha value is 0.968. The van der Waals surface area contributed by atoms with Crippen molar-refractivity contribution in [1.29, 1.82) is 0 Å². The van der Waals surface area contributed by atoms with Gasteiger partial charge < -0.3 is 19.6 Å². The zero-order valence-electron chi connectivity index (χ0n) is 26.3. The first-order valence-electron chi connectivity index (χ1n) is 15.6. The van der Waals surface area contributed by atoms with E-state index in [0.717, 1.165) is 83.9 Å². The molecule has 0 unspecified atom stereocenters. The van der Waals surface area contributed by atoms with Gasteiger partial charge in [-0.1, -0.05) is 103 Å². The summed E-state index contributed by atoms with van der Waals surface area (Å²) in [6.45, 7) is 8.74. The SMILES string of the molecule is CCCCCc1cccc(SP([O-])([O-])=S)c1CCCCC.CCCCCc1cccc(SP([O-])([O-])=S)c1CCCCC.[Mo+4]. The molecule has 242 valence electrons. The molecule has 0 saturated heterocycles. The Morgan fingerprint density at radius 2 is 0.814 bits per heavy atom. The van der Waals surface area contributed by atoms with Crippen LogP contribution in [0.5, 0.6) is 0 Å². The third-order valence-corrected chi connectivity index (χ3v) is 12.5. The molecular formula is C32H50MoO4P2S4. The Labute approximate surface area is 295 Å². The first kappa shape index (κ1) is 44.0. The van der Waals surface area contributed by atoms with Crippen LogP contribution in [0.3, 0.4) is 0 Å². The van der Waals surface area contributed by atoms with E-state index in [1.54, 1.807) is 0 Å². The van der Waals surface area contributed by atoms with Gasteiger partial charge in [0.05, 0.1) is 0 Å². The van der Waals surface area contributed by atoms with E-state index in [2.05, 4.69) is 63.4 Å². The molecule has 0 aromatic heterocycles. The third-order valence-electron chi connectivity index (χ3n) is 7.04. The van der Waals surface area contributed by atoms with Gasteiger partial charge in [0.2, 0.25) is 0 Å². The van der Waals surface area contributed by atoms with Crippen LogP contribution < -0.4 is 19.6 Å². The second-order valence-corrected chi connectivity index (χ2v) is 22.0. The van der Waals surface area contributed by atoms with Gasteiger partial charge in [-0.25, -0.2) is 0 Å². The Balaban J connectivity index is 0.000000802. The molecule has 0 bridgehead atoms. The summed E-state index contributed by atoms with van der Waals surface area (Å²) in [5.41, 5.74) is -2.51. The number of benzene rings is 2. The quantitative estimate of drug-likeness (QED) is 0.0752. The zero-order chi connectivity index (χ0) is 31.4. The summed E-state index contributed by atoms with van der Waals surface area (Å²) < 4.78 is 0. The molecule has 4 nitrogen and oxygen atoms in total. The van der Waals surface area contributed by atoms with Crippen LogP contribution in [0.1, 0.15) is 127 Å². The molecule has 0 amide bonds. The van der Waals surface area contributed by atoms with Crippen molar-refractivity contribution in [3.05, 3.63) is 58.7 Å². The fourth-order valence-corrected chi connectivity index (χ4v) is 10.3. The maximum atomic E-state index is 11.5. The van der Waals surface area contributed by atoms with Crippen LogP contribution in [0, 0.1) is 0 Å². The molecule has 0 spiro atoms. The van der Waals surface area contributed by atoms with E-state index in [4.69, 9.17) is 0 Å². The van der Waals surface area contributed by atoms with Crippen LogP contribution in [0.4, 0.5) is 0 Å². The van der Waals surface area contributed by atoms with Crippen LogP contribution >= 0.6 is 34.2 Å². The minimum absolute atomic E-state index is 0. The van der Waals surface area contributed by atoms with E-state index in [0.29, 0.717) is 0 Å². The molecular weight excluding hydrogens is 735 g/mol. The Bertz CT molecular complexity index is 1040. The molecule has 0 atom stereocenters. The van der Waals surface area contributed by atoms with E-state index < -0.39 is 11.4 Å². The summed E-state index contributed by atoms with van der Waals surface area (Å²) in [6.07, 6.45) is 18.0. The monoisotopic (exact) mass is 786 g/mol. The van der Waals surface area contributed by atoms with Crippen molar-refractivity contribution in [2.75, 3.05) is 0 Å². The third kappa shape index (κ3) is 20.7. The average molecular weight is 785 g/mol. The average Bonchev–Trinajstić information content (AvgIpc) is 2.90. The summed E-state index contributed by atoms with van der Waals surface area (Å²) in [5, 5.41) is 0. The molecule has 0 radical (unpaired) electrons. The molecule has 11 heteroatoms. The van der Waals surface area contributed by atoms with E-state index in [1.165, 1.54) is 73.6 Å². The van der Waals surface area contributed by atoms with Crippen molar-refractivity contribution in [2.45, 2.75) is 140 Å². The standard InChI is InChI=1S/2C16H27O2PS2.Mo/c2*1-3-5-7-10-14-11-9-13-16(21-19(17,18)20)15(14)12-8-6-4-2;/h2*9,11,13H,3-8,10,12H2,1-2H3,(H2,17,18,20);/q;;+4/p-4. The van der Waals surface area contributed by atoms with Gasteiger partial charge in [-0.15, -0.1) is 46.4 Å². The van der Waals surface area contributed by atoms with E-state index in [1.807, 2.05) is 24.3 Å². The minimum atomic E-state index is -3.76. The summed E-state index contributed by atoms with van der Waals surface area (Å²) in [5.74, 6) is 0. The van der Waals surface area contributed by atoms with Crippen LogP contribution in [-0.4, -0.2) is 0 Å². The summed E-state index contributed by atoms with van der Waals surface area (Å²) in [4.78, 5) is 47.5. The molecule has 0 aliphatic rings. The zero-order valence-corrected chi connectivity index (χ0v) is 33.4. The Kier molecular flexibility index (Phi) is 25.6. The topological polar surface area (TPSA) is 92.2 Å². The molecule has 2 aromatic carbocycles.